The van der Waals surface area contributed by atoms with E-state index in [1.165, 1.54) is 0 Å². The lowest BCUT2D eigenvalue weighted by atomic mass is 10.7. The van der Waals surface area contributed by atoms with Crippen LogP contribution in [0.5, 0.6) is 0 Å². The predicted octanol–water partition coefficient (Wildman–Crippen LogP) is 3.23. The highest BCUT2D eigenvalue weighted by molar-refractivity contribution is 9.11. The summed E-state index contributed by atoms with van der Waals surface area (Å²) in [4.78, 5) is 11.0. The van der Waals surface area contributed by atoms with Gasteiger partial charge in [0.1, 0.15) is 0 Å². The average Bonchev–Trinajstić information content (AvgIpc) is 2.30. The van der Waals surface area contributed by atoms with E-state index >= 15 is 0 Å². The minimum Gasteiger partial charge on any atom is -0.468 e. The summed E-state index contributed by atoms with van der Waals surface area (Å²) >= 11 is 2.34. The van der Waals surface area contributed by atoms with Crippen LogP contribution in [-0.4, -0.2) is 43.2 Å². The standard InChI is InChI=1S/C7H8BrF6O5P/c1-17-5(15)4(8)20(16,18-2-6(9,10)11)19-3-7(12,13)14/h4H,2-3H2,1H3/t4-/m1/s1. The van der Waals surface area contributed by atoms with Gasteiger partial charge in [0.2, 0.25) is 4.57 Å². The van der Waals surface area contributed by atoms with E-state index in [2.05, 4.69) is 29.7 Å². The molecule has 0 rings (SSSR count). The van der Waals surface area contributed by atoms with E-state index in [0.717, 1.165) is 7.11 Å². The molecule has 0 aliphatic carbocycles. The number of methoxy groups -OCH3 is 1. The summed E-state index contributed by atoms with van der Waals surface area (Å²) < 4.78 is 93.1. The van der Waals surface area contributed by atoms with Gasteiger partial charge in [0, 0.05) is 0 Å². The van der Waals surface area contributed by atoms with E-state index in [-0.39, 0.29) is 0 Å². The lowest BCUT2D eigenvalue weighted by molar-refractivity contribution is -0.166. The van der Waals surface area contributed by atoms with Gasteiger partial charge in [-0.1, -0.05) is 15.9 Å². The molecule has 0 radical (unpaired) electrons. The molecule has 0 fully saturated rings. The smallest absolute Gasteiger partial charge is 0.412 e. The minimum atomic E-state index is -5.07. The van der Waals surface area contributed by atoms with Crippen molar-refractivity contribution in [2.45, 2.75) is 16.9 Å². The van der Waals surface area contributed by atoms with Crippen LogP contribution in [0.2, 0.25) is 0 Å². The van der Waals surface area contributed by atoms with Gasteiger partial charge in [0.05, 0.1) is 7.11 Å². The number of ether oxygens (including phenoxy) is 1. The molecule has 0 amide bonds. The van der Waals surface area contributed by atoms with Gasteiger partial charge >= 0.3 is 25.9 Å². The molecule has 0 heterocycles. The van der Waals surface area contributed by atoms with Crippen molar-refractivity contribution in [3.8, 4) is 0 Å². The summed E-state index contributed by atoms with van der Waals surface area (Å²) in [6, 6.07) is 0. The molecule has 1 atom stereocenters. The fourth-order valence-corrected chi connectivity index (χ4v) is 2.97. The van der Waals surface area contributed by atoms with Gasteiger partial charge in [-0.25, -0.2) is 0 Å². The highest BCUT2D eigenvalue weighted by atomic mass is 79.9. The number of esters is 1. The number of hydrogen-bond acceptors (Lipinski definition) is 5. The van der Waals surface area contributed by atoms with Crippen LogP contribution < -0.4 is 0 Å². The number of alkyl halides is 7. The number of hydrogen-bond donors (Lipinski definition) is 0. The first-order valence-electron chi connectivity index (χ1n) is 4.55. The first kappa shape index (κ1) is 19.7. The van der Waals surface area contributed by atoms with Crippen molar-refractivity contribution in [2.75, 3.05) is 20.3 Å². The van der Waals surface area contributed by atoms with E-state index < -0.39 is 43.7 Å². The fraction of sp³-hybridized carbons (Fsp3) is 0.857. The molecule has 0 aromatic rings. The molecule has 0 aliphatic heterocycles. The maximum Gasteiger partial charge on any atom is 0.412 e. The molecule has 5 nitrogen and oxygen atoms in total. The summed E-state index contributed by atoms with van der Waals surface area (Å²) in [7, 11) is -4.29. The third kappa shape index (κ3) is 7.46. The Morgan fingerprint density at radius 2 is 1.45 bits per heavy atom. The molecule has 0 saturated heterocycles. The van der Waals surface area contributed by atoms with Gasteiger partial charge in [0.25, 0.3) is 0 Å². The van der Waals surface area contributed by atoms with Crippen molar-refractivity contribution in [1.82, 2.24) is 0 Å². The van der Waals surface area contributed by atoms with E-state index in [9.17, 15) is 35.7 Å². The predicted molar refractivity (Wildman–Crippen MR) is 56.4 cm³/mol. The summed E-state index contributed by atoms with van der Waals surface area (Å²) in [6.45, 7) is -4.30. The number of carbonyl (C=O) groups is 1. The molecule has 0 unspecified atom stereocenters. The quantitative estimate of drug-likeness (QED) is 0.298. The second-order valence-corrected chi connectivity index (χ2v) is 6.91. The molecule has 0 aromatic carbocycles. The Balaban J connectivity index is 5.03. The van der Waals surface area contributed by atoms with E-state index in [4.69, 9.17) is 0 Å². The topological polar surface area (TPSA) is 61.8 Å². The number of rotatable bonds is 6. The van der Waals surface area contributed by atoms with Crippen molar-refractivity contribution in [1.29, 1.82) is 0 Å². The summed E-state index contributed by atoms with van der Waals surface area (Å²) in [5.74, 6) is -1.40. The van der Waals surface area contributed by atoms with Crippen molar-refractivity contribution in [3.05, 3.63) is 0 Å². The summed E-state index contributed by atoms with van der Waals surface area (Å²) in [6.07, 6.45) is -9.94. The third-order valence-electron chi connectivity index (χ3n) is 1.49. The highest BCUT2D eigenvalue weighted by Crippen LogP contribution is 2.57. The molecule has 0 bridgehead atoms. The Morgan fingerprint density at radius 3 is 1.70 bits per heavy atom. The van der Waals surface area contributed by atoms with Crippen LogP contribution in [0.3, 0.4) is 0 Å². The fourth-order valence-electron chi connectivity index (χ4n) is 0.721. The molecule has 0 N–H and O–H groups in total. The Bertz CT molecular complexity index is 361. The van der Waals surface area contributed by atoms with Crippen molar-refractivity contribution < 1.29 is 49.5 Å². The summed E-state index contributed by atoms with van der Waals surface area (Å²) in [5, 5.41) is 0. The molecule has 0 aromatic heterocycles. The summed E-state index contributed by atoms with van der Waals surface area (Å²) in [5.41, 5.74) is 0. The first-order valence-corrected chi connectivity index (χ1v) is 7.08. The normalized spacial score (nSPS) is 15.0. The van der Waals surface area contributed by atoms with Crippen LogP contribution in [0, 0.1) is 0 Å². The number of halogens is 7. The molecule has 120 valence electrons. The molecular formula is C7H8BrF6O5P. The lowest BCUT2D eigenvalue weighted by Gasteiger charge is -2.22. The van der Waals surface area contributed by atoms with Gasteiger partial charge in [-0.15, -0.1) is 0 Å². The van der Waals surface area contributed by atoms with Gasteiger partial charge < -0.3 is 4.74 Å². The lowest BCUT2D eigenvalue weighted by Crippen LogP contribution is -2.25. The van der Waals surface area contributed by atoms with E-state index in [0.29, 0.717) is 0 Å². The Hall–Kier alpha value is -0.320. The number of carbonyl (C=O) groups excluding carboxylic acids is 1. The maximum atomic E-state index is 12.0. The molecule has 0 saturated carbocycles. The van der Waals surface area contributed by atoms with Crippen LogP contribution in [0.15, 0.2) is 0 Å². The van der Waals surface area contributed by atoms with E-state index in [1.54, 1.807) is 0 Å². The largest absolute Gasteiger partial charge is 0.468 e. The van der Waals surface area contributed by atoms with Crippen LogP contribution >= 0.6 is 23.5 Å². The van der Waals surface area contributed by atoms with E-state index in [1.807, 2.05) is 0 Å². The molecule has 20 heavy (non-hydrogen) atoms. The molecule has 0 aliphatic rings. The zero-order valence-corrected chi connectivity index (χ0v) is 12.1. The Morgan fingerprint density at radius 1 is 1.10 bits per heavy atom. The third-order valence-corrected chi connectivity index (χ3v) is 5.11. The van der Waals surface area contributed by atoms with Crippen LogP contribution in [0.1, 0.15) is 0 Å². The Labute approximate surface area is 117 Å². The van der Waals surface area contributed by atoms with Crippen molar-refractivity contribution in [2.24, 2.45) is 0 Å². The van der Waals surface area contributed by atoms with Gasteiger partial charge in [-0.2, -0.15) is 26.3 Å². The molecule has 0 spiro atoms. The zero-order valence-electron chi connectivity index (χ0n) is 9.63. The molecular weight excluding hydrogens is 389 g/mol. The second-order valence-electron chi connectivity index (χ2n) is 3.18. The van der Waals surface area contributed by atoms with Crippen LogP contribution in [0.4, 0.5) is 26.3 Å². The van der Waals surface area contributed by atoms with Gasteiger partial charge in [0.15, 0.2) is 13.2 Å². The Kier molecular flexibility index (Phi) is 6.99. The van der Waals surface area contributed by atoms with Gasteiger partial charge in [-0.3, -0.25) is 18.4 Å². The maximum absolute atomic E-state index is 12.0. The van der Waals surface area contributed by atoms with Crippen molar-refractivity contribution in [3.63, 3.8) is 0 Å². The SMILES string of the molecule is COC(=O)[C@H](Br)P(=O)(OCC(F)(F)F)OCC(F)(F)F. The minimum absolute atomic E-state index is 0.786. The van der Waals surface area contributed by atoms with Crippen molar-refractivity contribution >= 4 is 29.5 Å². The average molecular weight is 397 g/mol. The highest BCUT2D eigenvalue weighted by Gasteiger charge is 2.46. The monoisotopic (exact) mass is 396 g/mol. The van der Waals surface area contributed by atoms with Crippen LogP contribution in [-0.2, 0) is 23.1 Å². The zero-order chi connectivity index (χ0) is 16.2. The first-order chi connectivity index (χ1) is 8.81. The van der Waals surface area contributed by atoms with Gasteiger partial charge in [-0.05, 0) is 0 Å². The second kappa shape index (κ2) is 7.10. The van der Waals surface area contributed by atoms with Crippen LogP contribution in [0.25, 0.3) is 0 Å². The molecule has 13 heteroatoms.